The number of methoxy groups -OCH3 is 1. The maximum Gasteiger partial charge on any atom is 0.244 e. The number of hydrogen-bond donors (Lipinski definition) is 2. The van der Waals surface area contributed by atoms with E-state index in [-0.39, 0.29) is 17.4 Å². The highest BCUT2D eigenvalue weighted by Crippen LogP contribution is 2.47. The number of ether oxygens (including phenoxy) is 1. The number of hydrogen-bond acceptors (Lipinski definition) is 5. The molecule has 1 fully saturated rings. The Morgan fingerprint density at radius 1 is 1.32 bits per heavy atom. The monoisotopic (exact) mass is 381 g/mol. The molecule has 0 bridgehead atoms. The third-order valence-electron chi connectivity index (χ3n) is 4.80. The lowest BCUT2D eigenvalue weighted by molar-refractivity contribution is 0.0222. The molecule has 25 heavy (non-hydrogen) atoms. The van der Waals surface area contributed by atoms with E-state index in [1.165, 1.54) is 18.4 Å². The van der Waals surface area contributed by atoms with Crippen LogP contribution in [0.15, 0.2) is 34.5 Å². The van der Waals surface area contributed by atoms with E-state index in [0.29, 0.717) is 5.75 Å². The van der Waals surface area contributed by atoms with Gasteiger partial charge in [0.15, 0.2) is 0 Å². The SMILES string of the molecule is COc1cc(C)c(C)cc1S(=O)(=O)NC[C@@](O)(c1cccs1)C1CC1. The van der Waals surface area contributed by atoms with Crippen molar-refractivity contribution < 1.29 is 18.3 Å². The molecule has 1 aromatic heterocycles. The zero-order valence-electron chi connectivity index (χ0n) is 14.6. The summed E-state index contributed by atoms with van der Waals surface area (Å²) in [7, 11) is -2.35. The van der Waals surface area contributed by atoms with E-state index in [1.54, 1.807) is 12.1 Å². The summed E-state index contributed by atoms with van der Waals surface area (Å²) in [6.07, 6.45) is 1.81. The fraction of sp³-hybridized carbons (Fsp3) is 0.444. The summed E-state index contributed by atoms with van der Waals surface area (Å²) in [6.45, 7) is 3.72. The van der Waals surface area contributed by atoms with Crippen LogP contribution >= 0.6 is 11.3 Å². The molecule has 1 aromatic carbocycles. The minimum Gasteiger partial charge on any atom is -0.495 e. The number of sulfonamides is 1. The summed E-state index contributed by atoms with van der Waals surface area (Å²) in [5.41, 5.74) is 0.676. The summed E-state index contributed by atoms with van der Waals surface area (Å²) < 4.78 is 33.5. The van der Waals surface area contributed by atoms with E-state index in [2.05, 4.69) is 4.72 Å². The second kappa shape index (κ2) is 6.72. The second-order valence-corrected chi connectivity index (χ2v) is 9.27. The molecule has 2 aromatic rings. The van der Waals surface area contributed by atoms with Crippen LogP contribution in [0.25, 0.3) is 0 Å². The van der Waals surface area contributed by atoms with Crippen LogP contribution in [0.4, 0.5) is 0 Å². The average Bonchev–Trinajstić information content (AvgIpc) is 3.29. The smallest absolute Gasteiger partial charge is 0.244 e. The Balaban J connectivity index is 1.88. The molecule has 0 unspecified atom stereocenters. The summed E-state index contributed by atoms with van der Waals surface area (Å²) in [4.78, 5) is 0.896. The molecule has 3 rings (SSSR count). The molecular formula is C18H23NO4S2. The molecule has 2 N–H and O–H groups in total. The van der Waals surface area contributed by atoms with Crippen LogP contribution in [0.2, 0.25) is 0 Å². The van der Waals surface area contributed by atoms with Crippen molar-refractivity contribution in [2.24, 2.45) is 5.92 Å². The van der Waals surface area contributed by atoms with Gasteiger partial charge in [0.05, 0.1) is 7.11 Å². The van der Waals surface area contributed by atoms with Gasteiger partial charge in [0, 0.05) is 11.4 Å². The first-order chi connectivity index (χ1) is 11.8. The van der Waals surface area contributed by atoms with Crippen LogP contribution in [0, 0.1) is 19.8 Å². The largest absolute Gasteiger partial charge is 0.495 e. The number of aliphatic hydroxyl groups is 1. The van der Waals surface area contributed by atoms with Crippen molar-refractivity contribution in [2.75, 3.05) is 13.7 Å². The highest BCUT2D eigenvalue weighted by atomic mass is 32.2. The van der Waals surface area contributed by atoms with Gasteiger partial charge in [-0.1, -0.05) is 6.07 Å². The zero-order chi connectivity index (χ0) is 18.2. The molecule has 0 radical (unpaired) electrons. The number of nitrogens with one attached hydrogen (secondary N) is 1. The lowest BCUT2D eigenvalue weighted by Gasteiger charge is -2.27. The summed E-state index contributed by atoms with van der Waals surface area (Å²) in [5.74, 6) is 0.400. The second-order valence-electron chi connectivity index (χ2n) is 6.59. The molecule has 5 nitrogen and oxygen atoms in total. The van der Waals surface area contributed by atoms with Gasteiger partial charge in [-0.2, -0.15) is 0 Å². The minimum atomic E-state index is -3.80. The first kappa shape index (κ1) is 18.4. The van der Waals surface area contributed by atoms with Crippen molar-refractivity contribution in [3.05, 3.63) is 45.6 Å². The van der Waals surface area contributed by atoms with E-state index in [1.807, 2.05) is 31.4 Å². The highest BCUT2D eigenvalue weighted by molar-refractivity contribution is 7.89. The molecule has 0 aliphatic heterocycles. The summed E-state index contributed by atoms with van der Waals surface area (Å²) >= 11 is 1.45. The molecule has 0 amide bonds. The number of aryl methyl sites for hydroxylation is 2. The van der Waals surface area contributed by atoms with Crippen molar-refractivity contribution in [1.82, 2.24) is 4.72 Å². The first-order valence-electron chi connectivity index (χ1n) is 8.19. The molecule has 1 atom stereocenters. The Kier molecular flexibility index (Phi) is 4.94. The van der Waals surface area contributed by atoms with Gasteiger partial charge >= 0.3 is 0 Å². The molecule has 7 heteroatoms. The lowest BCUT2D eigenvalue weighted by Crippen LogP contribution is -2.42. The van der Waals surface area contributed by atoms with Crippen LogP contribution in [0.1, 0.15) is 28.8 Å². The Bertz CT molecular complexity index is 857. The van der Waals surface area contributed by atoms with Gasteiger partial charge in [0.25, 0.3) is 0 Å². The van der Waals surface area contributed by atoms with Crippen molar-refractivity contribution in [3.8, 4) is 5.75 Å². The van der Waals surface area contributed by atoms with Gasteiger partial charge in [-0.05, 0) is 67.3 Å². The van der Waals surface area contributed by atoms with E-state index in [4.69, 9.17) is 4.74 Å². The molecule has 0 saturated heterocycles. The van der Waals surface area contributed by atoms with Crippen molar-refractivity contribution in [3.63, 3.8) is 0 Å². The van der Waals surface area contributed by atoms with Crippen LogP contribution in [-0.2, 0) is 15.6 Å². The van der Waals surface area contributed by atoms with Crippen LogP contribution in [0.5, 0.6) is 5.75 Å². The minimum absolute atomic E-state index is 0.0450. The Hall–Kier alpha value is -1.41. The average molecular weight is 382 g/mol. The predicted octanol–water partition coefficient (Wildman–Crippen LogP) is 2.95. The predicted molar refractivity (Wildman–Crippen MR) is 98.6 cm³/mol. The van der Waals surface area contributed by atoms with Crippen LogP contribution in [-0.4, -0.2) is 27.2 Å². The highest BCUT2D eigenvalue weighted by Gasteiger charge is 2.46. The van der Waals surface area contributed by atoms with Gasteiger partial charge in [0.1, 0.15) is 16.2 Å². The van der Waals surface area contributed by atoms with Gasteiger partial charge in [-0.25, -0.2) is 13.1 Å². The molecule has 1 aliphatic rings. The van der Waals surface area contributed by atoms with Crippen LogP contribution in [0.3, 0.4) is 0 Å². The third kappa shape index (κ3) is 3.60. The third-order valence-corrected chi connectivity index (χ3v) is 7.26. The molecule has 136 valence electrons. The number of thiophene rings is 1. The van der Waals surface area contributed by atoms with Gasteiger partial charge in [0.2, 0.25) is 10.0 Å². The van der Waals surface area contributed by atoms with Gasteiger partial charge in [-0.15, -0.1) is 11.3 Å². The molecule has 1 saturated carbocycles. The van der Waals surface area contributed by atoms with Gasteiger partial charge < -0.3 is 9.84 Å². The Morgan fingerprint density at radius 3 is 2.56 bits per heavy atom. The Labute approximate surface area is 152 Å². The van der Waals surface area contributed by atoms with Crippen molar-refractivity contribution in [2.45, 2.75) is 37.2 Å². The maximum atomic E-state index is 12.8. The van der Waals surface area contributed by atoms with Crippen molar-refractivity contribution >= 4 is 21.4 Å². The summed E-state index contributed by atoms with van der Waals surface area (Å²) in [6, 6.07) is 7.05. The van der Waals surface area contributed by atoms with E-state index >= 15 is 0 Å². The topological polar surface area (TPSA) is 75.6 Å². The standard InChI is InChI=1S/C18H23NO4S2/c1-12-9-15(23-3)16(10-13(12)2)25(21,22)19-11-18(20,14-6-7-14)17-5-4-8-24-17/h4-5,8-10,14,19-20H,6-7,11H2,1-3H3/t18-/m0/s1. The van der Waals surface area contributed by atoms with Crippen LogP contribution < -0.4 is 9.46 Å². The normalized spacial score (nSPS) is 17.3. The molecular weight excluding hydrogens is 358 g/mol. The summed E-state index contributed by atoms with van der Waals surface area (Å²) in [5, 5.41) is 13.0. The quantitative estimate of drug-likeness (QED) is 0.773. The zero-order valence-corrected chi connectivity index (χ0v) is 16.2. The maximum absolute atomic E-state index is 12.8. The van der Waals surface area contributed by atoms with E-state index in [0.717, 1.165) is 28.8 Å². The van der Waals surface area contributed by atoms with Gasteiger partial charge in [-0.3, -0.25) is 0 Å². The Morgan fingerprint density at radius 2 is 2.00 bits per heavy atom. The number of benzene rings is 1. The molecule has 0 spiro atoms. The van der Waals surface area contributed by atoms with E-state index < -0.39 is 15.6 Å². The molecule has 1 heterocycles. The van der Waals surface area contributed by atoms with E-state index in [9.17, 15) is 13.5 Å². The van der Waals surface area contributed by atoms with Crippen molar-refractivity contribution in [1.29, 1.82) is 0 Å². The fourth-order valence-corrected chi connectivity index (χ4v) is 5.14. The molecule has 1 aliphatic carbocycles. The fourth-order valence-electron chi connectivity index (χ4n) is 2.93. The lowest BCUT2D eigenvalue weighted by atomic mass is 9.96. The first-order valence-corrected chi connectivity index (χ1v) is 10.6. The number of rotatable bonds is 7.